The fourth-order valence-electron chi connectivity index (χ4n) is 3.29. The number of ketones is 1. The Labute approximate surface area is 173 Å². The number of benzene rings is 1. The Balaban J connectivity index is 1.74. The summed E-state index contributed by atoms with van der Waals surface area (Å²) >= 11 is 6.08. The van der Waals surface area contributed by atoms with E-state index in [1.165, 1.54) is 0 Å². The molecule has 1 fully saturated rings. The van der Waals surface area contributed by atoms with Gasteiger partial charge in [-0.25, -0.2) is 0 Å². The summed E-state index contributed by atoms with van der Waals surface area (Å²) in [6.45, 7) is 1.42. The average Bonchev–Trinajstić information content (AvgIpc) is 3.34. The van der Waals surface area contributed by atoms with E-state index in [0.29, 0.717) is 42.9 Å². The van der Waals surface area contributed by atoms with Crippen LogP contribution in [0.2, 0.25) is 5.02 Å². The monoisotopic (exact) mass is 412 g/mol. The molecule has 29 heavy (non-hydrogen) atoms. The molecule has 9 nitrogen and oxygen atoms in total. The summed E-state index contributed by atoms with van der Waals surface area (Å²) < 4.78 is 1.96. The summed E-state index contributed by atoms with van der Waals surface area (Å²) in [6, 6.07) is 7.49. The van der Waals surface area contributed by atoms with Crippen LogP contribution < -0.4 is 4.90 Å². The second-order valence-corrected chi connectivity index (χ2v) is 7.44. The van der Waals surface area contributed by atoms with Gasteiger partial charge < -0.3 is 9.80 Å². The normalized spacial score (nSPS) is 15.9. The number of nitrogens with zero attached hydrogens (tertiary/aromatic N) is 8. The molecule has 0 aliphatic carbocycles. The minimum Gasteiger partial charge on any atom is -0.383 e. The van der Waals surface area contributed by atoms with Crippen molar-refractivity contribution in [3.8, 4) is 5.69 Å². The zero-order valence-corrected chi connectivity index (χ0v) is 17.0. The molecule has 0 spiro atoms. The lowest BCUT2D eigenvalue weighted by molar-refractivity contribution is -0.116. The molecule has 3 heterocycles. The van der Waals surface area contributed by atoms with Gasteiger partial charge >= 0.3 is 0 Å². The van der Waals surface area contributed by atoms with Gasteiger partial charge in [0.05, 0.1) is 24.6 Å². The standard InChI is InChI=1S/C19H21ClN8O/c1-25(2)11-14-12-26(10-7-17(14)29)19-24-23-18(13-27-21-8-9-22-27)28(19)16-5-3-15(20)4-6-16/h3-6,8-9,11H,7,10,12-13H2,1-2H3/b14-11+. The molecule has 0 saturated carbocycles. The van der Waals surface area contributed by atoms with Crippen molar-refractivity contribution in [2.75, 3.05) is 32.1 Å². The highest BCUT2D eigenvalue weighted by Gasteiger charge is 2.27. The summed E-state index contributed by atoms with van der Waals surface area (Å²) in [6.07, 6.45) is 5.55. The fraction of sp³-hybridized carbons (Fsp3) is 0.316. The van der Waals surface area contributed by atoms with Crippen LogP contribution in [0.3, 0.4) is 0 Å². The lowest BCUT2D eigenvalue weighted by Crippen LogP contribution is -2.38. The number of carbonyl (C=O) groups excluding carboxylic acids is 1. The molecular formula is C19H21ClN8O. The minimum atomic E-state index is 0.161. The number of piperidine rings is 1. The Morgan fingerprint density at radius 1 is 1.14 bits per heavy atom. The van der Waals surface area contributed by atoms with E-state index >= 15 is 0 Å². The van der Waals surface area contributed by atoms with Gasteiger partial charge in [-0.2, -0.15) is 15.0 Å². The first-order valence-corrected chi connectivity index (χ1v) is 9.58. The molecular weight excluding hydrogens is 392 g/mol. The largest absolute Gasteiger partial charge is 0.383 e. The Morgan fingerprint density at radius 3 is 2.55 bits per heavy atom. The van der Waals surface area contributed by atoms with Gasteiger partial charge in [-0.15, -0.1) is 10.2 Å². The van der Waals surface area contributed by atoms with Crippen molar-refractivity contribution in [2.45, 2.75) is 13.0 Å². The van der Waals surface area contributed by atoms with Gasteiger partial charge in [0.15, 0.2) is 11.6 Å². The topological polar surface area (TPSA) is 85.0 Å². The summed E-state index contributed by atoms with van der Waals surface area (Å²) in [4.78, 5) is 17.8. The molecule has 1 aromatic carbocycles. The van der Waals surface area contributed by atoms with Crippen LogP contribution >= 0.6 is 11.6 Å². The lowest BCUT2D eigenvalue weighted by Gasteiger charge is -2.29. The van der Waals surface area contributed by atoms with Crippen molar-refractivity contribution in [1.29, 1.82) is 0 Å². The van der Waals surface area contributed by atoms with Gasteiger partial charge in [0, 0.05) is 43.9 Å². The van der Waals surface area contributed by atoms with Crippen molar-refractivity contribution in [3.63, 3.8) is 0 Å². The van der Waals surface area contributed by atoms with E-state index in [9.17, 15) is 4.79 Å². The summed E-state index contributed by atoms with van der Waals surface area (Å²) in [5, 5.41) is 17.8. The van der Waals surface area contributed by atoms with Crippen LogP contribution in [0, 0.1) is 0 Å². The molecule has 1 aliphatic rings. The Morgan fingerprint density at radius 2 is 1.86 bits per heavy atom. The minimum absolute atomic E-state index is 0.161. The highest BCUT2D eigenvalue weighted by molar-refractivity contribution is 6.30. The van der Waals surface area contributed by atoms with E-state index in [1.807, 2.05) is 54.0 Å². The van der Waals surface area contributed by atoms with Crippen LogP contribution in [0.25, 0.3) is 5.69 Å². The molecule has 0 atom stereocenters. The third-order valence-corrected chi connectivity index (χ3v) is 4.82. The molecule has 150 valence electrons. The Bertz CT molecular complexity index is 1020. The van der Waals surface area contributed by atoms with Crippen molar-refractivity contribution in [3.05, 3.63) is 59.3 Å². The third-order valence-electron chi connectivity index (χ3n) is 4.57. The maximum Gasteiger partial charge on any atom is 0.232 e. The van der Waals surface area contributed by atoms with Gasteiger partial charge in [-0.05, 0) is 24.3 Å². The lowest BCUT2D eigenvalue weighted by atomic mass is 10.0. The van der Waals surface area contributed by atoms with Gasteiger partial charge in [0.1, 0.15) is 6.54 Å². The van der Waals surface area contributed by atoms with Crippen LogP contribution in [-0.4, -0.2) is 67.6 Å². The van der Waals surface area contributed by atoms with Gasteiger partial charge in [0.2, 0.25) is 5.95 Å². The number of anilines is 1. The maximum absolute atomic E-state index is 12.3. The van der Waals surface area contributed by atoms with E-state index in [2.05, 4.69) is 25.3 Å². The van der Waals surface area contributed by atoms with E-state index in [-0.39, 0.29) is 5.78 Å². The summed E-state index contributed by atoms with van der Waals surface area (Å²) in [5.41, 5.74) is 1.63. The predicted octanol–water partition coefficient (Wildman–Crippen LogP) is 1.79. The molecule has 0 N–H and O–H groups in total. The van der Waals surface area contributed by atoms with E-state index in [0.717, 1.165) is 11.3 Å². The smallest absolute Gasteiger partial charge is 0.232 e. The molecule has 0 radical (unpaired) electrons. The number of hydrogen-bond donors (Lipinski definition) is 0. The van der Waals surface area contributed by atoms with Crippen LogP contribution in [-0.2, 0) is 11.3 Å². The molecule has 0 amide bonds. The van der Waals surface area contributed by atoms with E-state index < -0.39 is 0 Å². The number of halogens is 1. The third kappa shape index (κ3) is 4.14. The number of aromatic nitrogens is 6. The van der Waals surface area contributed by atoms with Crippen molar-refractivity contribution >= 4 is 23.3 Å². The van der Waals surface area contributed by atoms with E-state index in [4.69, 9.17) is 11.6 Å². The molecule has 2 aromatic heterocycles. The number of hydrogen-bond acceptors (Lipinski definition) is 7. The quantitative estimate of drug-likeness (QED) is 0.590. The van der Waals surface area contributed by atoms with Gasteiger partial charge in [-0.3, -0.25) is 9.36 Å². The van der Waals surface area contributed by atoms with Crippen molar-refractivity contribution in [1.82, 2.24) is 34.7 Å². The maximum atomic E-state index is 12.3. The van der Waals surface area contributed by atoms with Crippen LogP contribution in [0.4, 0.5) is 5.95 Å². The van der Waals surface area contributed by atoms with E-state index in [1.54, 1.807) is 17.2 Å². The molecule has 1 saturated heterocycles. The summed E-state index contributed by atoms with van der Waals surface area (Å²) in [5.74, 6) is 1.52. The zero-order chi connectivity index (χ0) is 20.4. The number of rotatable bonds is 5. The van der Waals surface area contributed by atoms with Gasteiger partial charge in [-0.1, -0.05) is 11.6 Å². The highest BCUT2D eigenvalue weighted by atomic mass is 35.5. The first kappa shape index (κ1) is 19.1. The Kier molecular flexibility index (Phi) is 5.30. The molecule has 0 unspecified atom stereocenters. The molecule has 3 aromatic rings. The first-order valence-electron chi connectivity index (χ1n) is 9.21. The SMILES string of the molecule is CN(C)/C=C1\CN(c2nnc(Cn3nccn3)n2-c2ccc(Cl)cc2)CCC1=O. The molecule has 10 heteroatoms. The average molecular weight is 413 g/mol. The number of carbonyl (C=O) groups is 1. The molecule has 4 rings (SSSR count). The van der Waals surface area contributed by atoms with Crippen LogP contribution in [0.1, 0.15) is 12.2 Å². The second kappa shape index (κ2) is 8.04. The molecule has 1 aliphatic heterocycles. The number of Topliss-reactive ketones (excluding diaryl/α,β-unsaturated/α-hetero) is 1. The summed E-state index contributed by atoms with van der Waals surface area (Å²) in [7, 11) is 3.81. The van der Waals surface area contributed by atoms with Crippen molar-refractivity contribution < 1.29 is 4.79 Å². The zero-order valence-electron chi connectivity index (χ0n) is 16.2. The van der Waals surface area contributed by atoms with Crippen LogP contribution in [0.5, 0.6) is 0 Å². The highest BCUT2D eigenvalue weighted by Crippen LogP contribution is 2.25. The second-order valence-electron chi connectivity index (χ2n) is 7.00. The van der Waals surface area contributed by atoms with Gasteiger partial charge in [0.25, 0.3) is 0 Å². The van der Waals surface area contributed by atoms with Crippen molar-refractivity contribution in [2.24, 2.45) is 0 Å². The fourth-order valence-corrected chi connectivity index (χ4v) is 3.41. The van der Waals surface area contributed by atoms with Crippen LogP contribution in [0.15, 0.2) is 48.4 Å². The predicted molar refractivity (Wildman–Crippen MR) is 109 cm³/mol. The Hall–Kier alpha value is -3.20. The first-order chi connectivity index (χ1) is 14.0. The molecule has 0 bridgehead atoms.